The minimum atomic E-state index is -0.144. The molecule has 2 aliphatic carbocycles. The van der Waals surface area contributed by atoms with Gasteiger partial charge in [0.25, 0.3) is 5.91 Å². The molecule has 0 aliphatic heterocycles. The van der Waals surface area contributed by atoms with Crippen molar-refractivity contribution in [1.29, 1.82) is 5.26 Å². The smallest absolute Gasteiger partial charge is 0.253 e. The lowest BCUT2D eigenvalue weighted by Crippen LogP contribution is -2.36. The lowest BCUT2D eigenvalue weighted by molar-refractivity contribution is 0.0722. The molecule has 0 aromatic heterocycles. The number of nitrogens with zero attached hydrogens (tertiary/aromatic N) is 2. The Morgan fingerprint density at radius 3 is 2.57 bits per heavy atom. The molecule has 2 unspecified atom stereocenters. The minimum absolute atomic E-state index is 0.0161. The summed E-state index contributed by atoms with van der Waals surface area (Å²) in [5.74, 6) is 1.11. The van der Waals surface area contributed by atoms with Crippen LogP contribution in [0.3, 0.4) is 0 Å². The topological polar surface area (TPSA) is 64.3 Å². The number of fused-ring (bicyclic) bond motifs is 1. The molecular weight excluding hydrogens is 264 g/mol. The van der Waals surface area contributed by atoms with Crippen LogP contribution in [-0.2, 0) is 0 Å². The first-order valence-electron chi connectivity index (χ1n) is 7.54. The maximum Gasteiger partial charge on any atom is 0.253 e. The van der Waals surface area contributed by atoms with Crippen molar-refractivity contribution in [3.63, 3.8) is 0 Å². The van der Waals surface area contributed by atoms with Gasteiger partial charge in [0.1, 0.15) is 0 Å². The van der Waals surface area contributed by atoms with Crippen molar-refractivity contribution in [3.05, 3.63) is 35.4 Å². The molecule has 1 N–H and O–H groups in total. The molecule has 1 aromatic carbocycles. The van der Waals surface area contributed by atoms with Gasteiger partial charge >= 0.3 is 0 Å². The van der Waals surface area contributed by atoms with Gasteiger partial charge in [0.2, 0.25) is 0 Å². The zero-order valence-electron chi connectivity index (χ0n) is 12.2. The lowest BCUT2D eigenvalue weighted by atomic mass is 10.0. The Morgan fingerprint density at radius 2 is 1.95 bits per heavy atom. The highest BCUT2D eigenvalue weighted by Crippen LogP contribution is 2.45. The fourth-order valence-electron chi connectivity index (χ4n) is 3.96. The summed E-state index contributed by atoms with van der Waals surface area (Å²) in [6.07, 6.45) is 3.60. The molecule has 21 heavy (non-hydrogen) atoms. The summed E-state index contributed by atoms with van der Waals surface area (Å²) >= 11 is 0. The molecule has 2 fully saturated rings. The number of benzene rings is 1. The molecule has 1 aromatic rings. The Kier molecular flexibility index (Phi) is 3.69. The molecule has 0 saturated heterocycles. The number of amides is 1. The first kappa shape index (κ1) is 14.1. The number of carbonyl (C=O) groups is 1. The second-order valence-electron chi connectivity index (χ2n) is 6.38. The van der Waals surface area contributed by atoms with Crippen LogP contribution in [-0.4, -0.2) is 35.1 Å². The highest BCUT2D eigenvalue weighted by molar-refractivity contribution is 5.94. The van der Waals surface area contributed by atoms with Gasteiger partial charge in [-0.3, -0.25) is 4.79 Å². The van der Waals surface area contributed by atoms with E-state index in [1.54, 1.807) is 24.3 Å². The summed E-state index contributed by atoms with van der Waals surface area (Å²) < 4.78 is 0. The summed E-state index contributed by atoms with van der Waals surface area (Å²) in [6, 6.07) is 9.19. The first-order valence-corrected chi connectivity index (χ1v) is 7.54. The van der Waals surface area contributed by atoms with Crippen LogP contribution in [0.25, 0.3) is 0 Å². The van der Waals surface area contributed by atoms with Crippen LogP contribution in [0.5, 0.6) is 0 Å². The van der Waals surface area contributed by atoms with E-state index in [4.69, 9.17) is 5.26 Å². The molecule has 110 valence electrons. The Hall–Kier alpha value is -1.86. The van der Waals surface area contributed by atoms with Crippen molar-refractivity contribution in [2.24, 2.45) is 11.8 Å². The molecule has 4 nitrogen and oxygen atoms in total. The van der Waals surface area contributed by atoms with E-state index in [-0.39, 0.29) is 18.1 Å². The molecule has 2 aliphatic rings. The number of rotatable bonds is 2. The van der Waals surface area contributed by atoms with Crippen LogP contribution in [0.15, 0.2) is 24.3 Å². The van der Waals surface area contributed by atoms with Crippen LogP contribution in [0.4, 0.5) is 0 Å². The van der Waals surface area contributed by atoms with Crippen molar-refractivity contribution >= 4 is 5.91 Å². The van der Waals surface area contributed by atoms with Crippen molar-refractivity contribution in [1.82, 2.24) is 4.90 Å². The van der Waals surface area contributed by atoms with Gasteiger partial charge in [0.15, 0.2) is 0 Å². The molecule has 0 radical (unpaired) electrons. The molecule has 3 rings (SSSR count). The summed E-state index contributed by atoms with van der Waals surface area (Å²) in [4.78, 5) is 14.4. The minimum Gasteiger partial charge on any atom is -0.393 e. The van der Waals surface area contributed by atoms with Crippen molar-refractivity contribution in [2.75, 3.05) is 7.05 Å². The fourth-order valence-corrected chi connectivity index (χ4v) is 3.96. The van der Waals surface area contributed by atoms with Crippen LogP contribution in [0.1, 0.15) is 41.6 Å². The van der Waals surface area contributed by atoms with Gasteiger partial charge in [-0.2, -0.15) is 5.26 Å². The van der Waals surface area contributed by atoms with E-state index < -0.39 is 0 Å². The molecule has 2 saturated carbocycles. The number of hydrogen-bond donors (Lipinski definition) is 1. The Morgan fingerprint density at radius 1 is 1.29 bits per heavy atom. The summed E-state index contributed by atoms with van der Waals surface area (Å²) in [6.45, 7) is 0. The molecular formula is C17H20N2O2. The zero-order chi connectivity index (χ0) is 15.0. The van der Waals surface area contributed by atoms with E-state index in [0.29, 0.717) is 23.0 Å². The second kappa shape index (κ2) is 5.50. The third-order valence-electron chi connectivity index (χ3n) is 5.07. The van der Waals surface area contributed by atoms with Gasteiger partial charge < -0.3 is 10.0 Å². The maximum atomic E-state index is 12.6. The largest absolute Gasteiger partial charge is 0.393 e. The van der Waals surface area contributed by atoms with Gasteiger partial charge in [0, 0.05) is 18.7 Å². The SMILES string of the molecule is CN(C(=O)c1cccc(C#N)c1)C1C[C@H]2CC(O)C[C@H]2C1. The van der Waals surface area contributed by atoms with Crippen molar-refractivity contribution < 1.29 is 9.90 Å². The summed E-state index contributed by atoms with van der Waals surface area (Å²) in [7, 11) is 1.85. The third-order valence-corrected chi connectivity index (χ3v) is 5.07. The van der Waals surface area contributed by atoms with E-state index in [9.17, 15) is 9.90 Å². The lowest BCUT2D eigenvalue weighted by Gasteiger charge is -2.25. The van der Waals surface area contributed by atoms with E-state index in [0.717, 1.165) is 25.7 Å². The summed E-state index contributed by atoms with van der Waals surface area (Å²) in [5.41, 5.74) is 1.09. The standard InChI is InChI=1S/C17H20N2O2/c1-19(15-6-13-8-16(20)9-14(13)7-15)17(21)12-4-2-3-11(5-12)10-18/h2-5,13-16,20H,6-9H2,1H3/t13-,14+,15?,16?. The van der Waals surface area contributed by atoms with Gasteiger partial charge in [-0.1, -0.05) is 6.07 Å². The van der Waals surface area contributed by atoms with Crippen LogP contribution >= 0.6 is 0 Å². The molecule has 0 spiro atoms. The molecule has 4 atom stereocenters. The van der Waals surface area contributed by atoms with Gasteiger partial charge in [0.05, 0.1) is 17.7 Å². The average molecular weight is 284 g/mol. The molecule has 1 amide bonds. The monoisotopic (exact) mass is 284 g/mol. The normalized spacial score (nSPS) is 30.7. The average Bonchev–Trinajstić information content (AvgIpc) is 3.03. The molecule has 0 bridgehead atoms. The van der Waals surface area contributed by atoms with E-state index in [1.165, 1.54) is 0 Å². The highest BCUT2D eigenvalue weighted by Gasteiger charge is 2.43. The quantitative estimate of drug-likeness (QED) is 0.905. The van der Waals surface area contributed by atoms with E-state index in [1.807, 2.05) is 11.9 Å². The van der Waals surface area contributed by atoms with Gasteiger partial charge in [-0.05, 0) is 55.7 Å². The van der Waals surface area contributed by atoms with E-state index >= 15 is 0 Å². The fraction of sp³-hybridized carbons (Fsp3) is 0.529. The van der Waals surface area contributed by atoms with Gasteiger partial charge in [-0.25, -0.2) is 0 Å². The third kappa shape index (κ3) is 2.66. The Bertz CT molecular complexity index is 579. The second-order valence-corrected chi connectivity index (χ2v) is 6.38. The van der Waals surface area contributed by atoms with Crippen molar-refractivity contribution in [2.45, 2.75) is 37.8 Å². The predicted molar refractivity (Wildman–Crippen MR) is 78.5 cm³/mol. The molecule has 0 heterocycles. The number of nitriles is 1. The number of aliphatic hydroxyl groups excluding tert-OH is 1. The Balaban J connectivity index is 1.70. The number of hydrogen-bond acceptors (Lipinski definition) is 3. The predicted octanol–water partition coefficient (Wildman–Crippen LogP) is 2.18. The highest BCUT2D eigenvalue weighted by atomic mass is 16.3. The van der Waals surface area contributed by atoms with Crippen LogP contribution in [0.2, 0.25) is 0 Å². The maximum absolute atomic E-state index is 12.6. The van der Waals surface area contributed by atoms with Gasteiger partial charge in [-0.15, -0.1) is 0 Å². The zero-order valence-corrected chi connectivity index (χ0v) is 12.2. The van der Waals surface area contributed by atoms with E-state index in [2.05, 4.69) is 6.07 Å². The number of aliphatic hydroxyl groups is 1. The number of carbonyl (C=O) groups excluding carboxylic acids is 1. The Labute approximate surface area is 125 Å². The summed E-state index contributed by atoms with van der Waals surface area (Å²) in [5, 5.41) is 18.6. The molecule has 4 heteroatoms. The van der Waals surface area contributed by atoms with Crippen molar-refractivity contribution in [3.8, 4) is 6.07 Å². The first-order chi connectivity index (χ1) is 10.1. The van der Waals surface area contributed by atoms with Crippen LogP contribution in [0, 0.1) is 23.2 Å². The van der Waals surface area contributed by atoms with Crippen LogP contribution < -0.4 is 0 Å².